The average Bonchev–Trinajstić information content (AvgIpc) is 3.71. The zero-order valence-corrected chi connectivity index (χ0v) is 33.9. The van der Waals surface area contributed by atoms with Crippen LogP contribution in [0.3, 0.4) is 0 Å². The van der Waals surface area contributed by atoms with Crippen LogP contribution in [0.4, 0.5) is 0 Å². The number of imidazole rings is 1. The van der Waals surface area contributed by atoms with Gasteiger partial charge in [-0.2, -0.15) is 0 Å². The number of rotatable bonds is 12. The molecule has 310 valence electrons. The van der Waals surface area contributed by atoms with Crippen molar-refractivity contribution in [3.63, 3.8) is 0 Å². The van der Waals surface area contributed by atoms with E-state index in [1.54, 1.807) is 30.5 Å². The minimum absolute atomic E-state index is 0.111. The zero-order chi connectivity index (χ0) is 41.4. The number of hydrogen-bond acceptors (Lipinski definition) is 9. The largest absolute Gasteiger partial charge is 0.348 e. The molecule has 6 aromatic rings. The van der Waals surface area contributed by atoms with E-state index in [0.29, 0.717) is 34.8 Å². The number of amides is 3. The van der Waals surface area contributed by atoms with Crippen LogP contribution in [0.25, 0.3) is 22.2 Å². The van der Waals surface area contributed by atoms with Gasteiger partial charge in [0.25, 0.3) is 17.7 Å². The SMILES string of the molecule is O=C(NCc1cccc(-c2ccc(CNC(=O)c3ccc(C(=O)NCc4nc5ccccc5[nH]4)cc3)nc2)c1)c1ccc(CN2CCCNCCNCCCNCC2)cc1. The summed E-state index contributed by atoms with van der Waals surface area (Å²) in [6.07, 6.45) is 4.01. The van der Waals surface area contributed by atoms with Crippen molar-refractivity contribution < 1.29 is 14.4 Å². The van der Waals surface area contributed by atoms with Gasteiger partial charge >= 0.3 is 0 Å². The summed E-state index contributed by atoms with van der Waals surface area (Å²) in [5.41, 5.74) is 8.07. The molecule has 1 aliphatic heterocycles. The minimum Gasteiger partial charge on any atom is -0.348 e. The van der Waals surface area contributed by atoms with Gasteiger partial charge in [-0.3, -0.25) is 24.3 Å². The first kappa shape index (κ1) is 41.9. The van der Waals surface area contributed by atoms with E-state index in [1.807, 2.05) is 72.8 Å². The molecular formula is C47H54N10O3. The number of hydrogen-bond donors (Lipinski definition) is 7. The molecule has 1 aliphatic rings. The molecule has 13 nitrogen and oxygen atoms in total. The van der Waals surface area contributed by atoms with E-state index in [2.05, 4.69) is 63.9 Å². The number of aromatic amines is 1. The van der Waals surface area contributed by atoms with Crippen LogP contribution in [-0.2, 0) is 26.2 Å². The molecule has 7 rings (SSSR count). The molecule has 4 aromatic carbocycles. The van der Waals surface area contributed by atoms with Crippen molar-refractivity contribution >= 4 is 28.8 Å². The maximum atomic E-state index is 13.1. The second-order valence-electron chi connectivity index (χ2n) is 15.0. The lowest BCUT2D eigenvalue weighted by Crippen LogP contribution is -2.36. The molecule has 1 fully saturated rings. The number of nitrogens with one attached hydrogen (secondary N) is 7. The number of aromatic nitrogens is 3. The molecular weight excluding hydrogens is 753 g/mol. The summed E-state index contributed by atoms with van der Waals surface area (Å²) < 4.78 is 0. The van der Waals surface area contributed by atoms with Crippen molar-refractivity contribution in [3.05, 3.63) is 155 Å². The Morgan fingerprint density at radius 1 is 0.567 bits per heavy atom. The third-order valence-corrected chi connectivity index (χ3v) is 10.5. The van der Waals surface area contributed by atoms with E-state index >= 15 is 0 Å². The molecule has 7 N–H and O–H groups in total. The Morgan fingerprint density at radius 2 is 1.22 bits per heavy atom. The van der Waals surface area contributed by atoms with Gasteiger partial charge < -0.3 is 36.9 Å². The average molecular weight is 807 g/mol. The van der Waals surface area contributed by atoms with Crippen LogP contribution in [0.2, 0.25) is 0 Å². The number of para-hydroxylation sites is 2. The third-order valence-electron chi connectivity index (χ3n) is 10.5. The fourth-order valence-corrected chi connectivity index (χ4v) is 7.09. The number of pyridine rings is 1. The first-order chi connectivity index (χ1) is 29.5. The smallest absolute Gasteiger partial charge is 0.251 e. The van der Waals surface area contributed by atoms with Crippen molar-refractivity contribution in [2.75, 3.05) is 52.4 Å². The highest BCUT2D eigenvalue weighted by atomic mass is 16.2. The van der Waals surface area contributed by atoms with Crippen LogP contribution in [0.15, 0.2) is 115 Å². The van der Waals surface area contributed by atoms with Crippen LogP contribution in [0.1, 0.15) is 66.6 Å². The first-order valence-electron chi connectivity index (χ1n) is 20.8. The molecule has 0 radical (unpaired) electrons. The highest BCUT2D eigenvalue weighted by Gasteiger charge is 2.13. The Morgan fingerprint density at radius 3 is 1.92 bits per heavy atom. The molecule has 0 saturated carbocycles. The van der Waals surface area contributed by atoms with Gasteiger partial charge in [-0.15, -0.1) is 0 Å². The standard InChI is InChI=1S/C47H54N10O3/c58-45(36-12-10-34(11-13-36)33-57-26-5-22-49-24-23-48-20-4-21-50-25-27-57)52-29-35-6-3-7-39(28-35)40-18-19-41(51-30-40)31-53-46(59)37-14-16-38(17-15-37)47(60)54-32-44-55-42-8-1-2-9-43(42)56-44/h1-3,6-19,28,30,48-50H,4-5,20-27,29,31-33H2,(H,52,58)(H,53,59)(H,54,60)(H,55,56). The Hall–Kier alpha value is -6.25. The van der Waals surface area contributed by atoms with Gasteiger partial charge in [0.05, 0.1) is 29.8 Å². The predicted octanol–water partition coefficient (Wildman–Crippen LogP) is 4.78. The maximum absolute atomic E-state index is 13.1. The van der Waals surface area contributed by atoms with Gasteiger partial charge in [0.15, 0.2) is 0 Å². The quantitative estimate of drug-likeness (QED) is 0.0922. The molecule has 2 aromatic heterocycles. The number of benzene rings is 4. The highest BCUT2D eigenvalue weighted by molar-refractivity contribution is 5.98. The van der Waals surface area contributed by atoms with Gasteiger partial charge in [0, 0.05) is 67.7 Å². The summed E-state index contributed by atoms with van der Waals surface area (Å²) in [5.74, 6) is 0.0352. The monoisotopic (exact) mass is 806 g/mol. The zero-order valence-electron chi connectivity index (χ0n) is 33.9. The van der Waals surface area contributed by atoms with Gasteiger partial charge in [-0.25, -0.2) is 4.98 Å². The van der Waals surface area contributed by atoms with E-state index in [0.717, 1.165) is 99.5 Å². The fraction of sp³-hybridized carbons (Fsp3) is 0.298. The Labute approximate surface area is 351 Å². The van der Waals surface area contributed by atoms with E-state index in [-0.39, 0.29) is 30.8 Å². The number of nitrogens with zero attached hydrogens (tertiary/aromatic N) is 3. The number of fused-ring (bicyclic) bond motifs is 1. The summed E-state index contributed by atoms with van der Waals surface area (Å²) in [6, 6.07) is 34.0. The maximum Gasteiger partial charge on any atom is 0.251 e. The van der Waals surface area contributed by atoms with Crippen molar-refractivity contribution in [2.24, 2.45) is 0 Å². The lowest BCUT2D eigenvalue weighted by Gasteiger charge is -2.23. The van der Waals surface area contributed by atoms with Gasteiger partial charge in [0.2, 0.25) is 0 Å². The highest BCUT2D eigenvalue weighted by Crippen LogP contribution is 2.20. The lowest BCUT2D eigenvalue weighted by molar-refractivity contribution is 0.0938. The second-order valence-corrected chi connectivity index (χ2v) is 15.0. The summed E-state index contributed by atoms with van der Waals surface area (Å²) in [5, 5.41) is 19.4. The summed E-state index contributed by atoms with van der Waals surface area (Å²) in [4.78, 5) is 53.5. The van der Waals surface area contributed by atoms with Gasteiger partial charge in [-0.05, 0) is 116 Å². The molecule has 0 spiro atoms. The van der Waals surface area contributed by atoms with E-state index < -0.39 is 0 Å². The van der Waals surface area contributed by atoms with E-state index in [4.69, 9.17) is 0 Å². The molecule has 0 aliphatic carbocycles. The van der Waals surface area contributed by atoms with Crippen molar-refractivity contribution in [1.29, 1.82) is 0 Å². The Bertz CT molecular complexity index is 2260. The predicted molar refractivity (Wildman–Crippen MR) is 235 cm³/mol. The molecule has 60 heavy (non-hydrogen) atoms. The van der Waals surface area contributed by atoms with Gasteiger partial charge in [-0.1, -0.05) is 48.5 Å². The third kappa shape index (κ3) is 12.4. The van der Waals surface area contributed by atoms with Crippen LogP contribution in [0, 0.1) is 0 Å². The number of carbonyl (C=O) groups is 3. The molecule has 0 unspecified atom stereocenters. The first-order valence-corrected chi connectivity index (χ1v) is 20.8. The summed E-state index contributed by atoms with van der Waals surface area (Å²) in [6.45, 7) is 9.80. The Balaban J connectivity index is 0.842. The lowest BCUT2D eigenvalue weighted by atomic mass is 10.0. The summed E-state index contributed by atoms with van der Waals surface area (Å²) in [7, 11) is 0. The van der Waals surface area contributed by atoms with Crippen molar-refractivity contribution in [3.8, 4) is 11.1 Å². The van der Waals surface area contributed by atoms with Crippen LogP contribution in [-0.4, -0.2) is 89.9 Å². The molecule has 1 saturated heterocycles. The number of carbonyl (C=O) groups excluding carboxylic acids is 3. The van der Waals surface area contributed by atoms with Crippen LogP contribution < -0.4 is 31.9 Å². The van der Waals surface area contributed by atoms with Crippen LogP contribution in [0.5, 0.6) is 0 Å². The van der Waals surface area contributed by atoms with Crippen molar-refractivity contribution in [1.82, 2.24) is 51.8 Å². The fourth-order valence-electron chi connectivity index (χ4n) is 7.09. The van der Waals surface area contributed by atoms with E-state index in [1.165, 1.54) is 5.56 Å². The molecule has 0 bridgehead atoms. The number of H-pyrrole nitrogens is 1. The second kappa shape index (κ2) is 21.7. The molecule has 0 atom stereocenters. The molecule has 13 heteroatoms. The Kier molecular flexibility index (Phi) is 15.1. The topological polar surface area (TPSA) is 168 Å². The molecule has 3 heterocycles. The normalized spacial score (nSPS) is 14.5. The van der Waals surface area contributed by atoms with Crippen molar-refractivity contribution in [2.45, 2.75) is 39.0 Å². The van der Waals surface area contributed by atoms with Gasteiger partial charge in [0.1, 0.15) is 5.82 Å². The van der Waals surface area contributed by atoms with Crippen LogP contribution >= 0.6 is 0 Å². The molecule has 3 amide bonds. The minimum atomic E-state index is -0.264. The summed E-state index contributed by atoms with van der Waals surface area (Å²) >= 11 is 0. The van der Waals surface area contributed by atoms with E-state index in [9.17, 15) is 14.4 Å².